The van der Waals surface area contributed by atoms with E-state index in [9.17, 15) is 10.1 Å². The van der Waals surface area contributed by atoms with Gasteiger partial charge in [0.2, 0.25) is 0 Å². The van der Waals surface area contributed by atoms with Crippen molar-refractivity contribution in [1.82, 2.24) is 0 Å². The number of nitrogens with one attached hydrogen (secondary N) is 1. The summed E-state index contributed by atoms with van der Waals surface area (Å²) < 4.78 is 0. The van der Waals surface area contributed by atoms with Crippen molar-refractivity contribution in [3.05, 3.63) is 106 Å². The van der Waals surface area contributed by atoms with Gasteiger partial charge in [-0.25, -0.2) is 0 Å². The molecule has 5 heteroatoms. The highest BCUT2D eigenvalue weighted by Gasteiger charge is 2.30. The number of anilines is 1. The maximum Gasteiger partial charge on any atom is 0.269 e. The monoisotopic (exact) mass is 374 g/mol. The fourth-order valence-electron chi connectivity index (χ4n) is 4.08. The third kappa shape index (κ3) is 3.89. The Kier molecular flexibility index (Phi) is 5.35. The van der Waals surface area contributed by atoms with Crippen molar-refractivity contribution in [3.8, 4) is 0 Å². The summed E-state index contributed by atoms with van der Waals surface area (Å²) in [5.74, 6) is 0. The second-order valence-electron chi connectivity index (χ2n) is 7.17. The molecule has 1 aliphatic heterocycles. The summed E-state index contributed by atoms with van der Waals surface area (Å²) in [4.78, 5) is 14.4. The molecule has 0 spiro atoms. The molecule has 1 fully saturated rings. The molecule has 0 radical (unpaired) electrons. The van der Waals surface area contributed by atoms with Gasteiger partial charge in [0, 0.05) is 28.9 Å². The summed E-state index contributed by atoms with van der Waals surface area (Å²) in [6, 6.07) is 28.6. The molecule has 3 aromatic carbocycles. The molecule has 0 saturated carbocycles. The van der Waals surface area contributed by atoms with Gasteiger partial charge in [-0.2, -0.15) is 0 Å². The number of rotatable bonds is 5. The molecule has 5 nitrogen and oxygen atoms in total. The van der Waals surface area contributed by atoms with Crippen molar-refractivity contribution in [3.63, 3.8) is 0 Å². The summed E-state index contributed by atoms with van der Waals surface area (Å²) in [5, 5.41) is 10.9. The molecule has 4 rings (SSSR count). The van der Waals surface area contributed by atoms with E-state index in [1.54, 1.807) is 17.0 Å². The van der Waals surface area contributed by atoms with Gasteiger partial charge in [-0.05, 0) is 12.1 Å². The van der Waals surface area contributed by atoms with E-state index in [4.69, 9.17) is 0 Å². The average molecular weight is 374 g/mol. The van der Waals surface area contributed by atoms with Gasteiger partial charge in [-0.3, -0.25) is 10.1 Å². The van der Waals surface area contributed by atoms with Crippen LogP contribution in [0.2, 0.25) is 0 Å². The van der Waals surface area contributed by atoms with Crippen LogP contribution in [0, 0.1) is 10.1 Å². The number of non-ortho nitro benzene ring substituents is 1. The number of nitro benzene ring substituents is 1. The zero-order valence-corrected chi connectivity index (χ0v) is 15.7. The average Bonchev–Trinajstić information content (AvgIpc) is 2.76. The summed E-state index contributed by atoms with van der Waals surface area (Å²) in [6.45, 7) is 3.91. The summed E-state index contributed by atoms with van der Waals surface area (Å²) >= 11 is 0. The molecular formula is C23H24N3O2+. The van der Waals surface area contributed by atoms with Crippen molar-refractivity contribution in [2.24, 2.45) is 0 Å². The Hall–Kier alpha value is -3.18. The SMILES string of the molecule is O=[N+]([O-])c1ccc(N2CC[NH+](C(c3ccccc3)c3ccccc3)CC2)cc1. The molecule has 0 unspecified atom stereocenters. The van der Waals surface area contributed by atoms with Gasteiger partial charge in [0.15, 0.2) is 0 Å². The third-order valence-corrected chi connectivity index (χ3v) is 5.51. The first-order valence-corrected chi connectivity index (χ1v) is 9.66. The van der Waals surface area contributed by atoms with Crippen molar-refractivity contribution < 1.29 is 9.82 Å². The fourth-order valence-corrected chi connectivity index (χ4v) is 4.08. The maximum atomic E-state index is 10.9. The van der Waals surface area contributed by atoms with Crippen LogP contribution in [0.15, 0.2) is 84.9 Å². The van der Waals surface area contributed by atoms with Gasteiger partial charge >= 0.3 is 0 Å². The first-order valence-electron chi connectivity index (χ1n) is 9.66. The molecule has 0 atom stereocenters. The Morgan fingerprint density at radius 1 is 0.786 bits per heavy atom. The van der Waals surface area contributed by atoms with Crippen molar-refractivity contribution in [1.29, 1.82) is 0 Å². The Bertz CT molecular complexity index is 866. The number of nitro groups is 1. The predicted molar refractivity (Wildman–Crippen MR) is 111 cm³/mol. The van der Waals surface area contributed by atoms with Crippen LogP contribution in [0.1, 0.15) is 17.2 Å². The van der Waals surface area contributed by atoms with Gasteiger partial charge in [0.25, 0.3) is 5.69 Å². The zero-order valence-electron chi connectivity index (χ0n) is 15.7. The third-order valence-electron chi connectivity index (χ3n) is 5.51. The first kappa shape index (κ1) is 18.2. The second-order valence-corrected chi connectivity index (χ2v) is 7.17. The van der Waals surface area contributed by atoms with Crippen LogP contribution in [0.25, 0.3) is 0 Å². The molecule has 1 heterocycles. The van der Waals surface area contributed by atoms with Crippen molar-refractivity contribution >= 4 is 11.4 Å². The van der Waals surface area contributed by atoms with Crippen LogP contribution < -0.4 is 9.80 Å². The van der Waals surface area contributed by atoms with E-state index in [0.29, 0.717) is 6.04 Å². The molecule has 1 aliphatic rings. The number of hydrogen-bond acceptors (Lipinski definition) is 3. The van der Waals surface area contributed by atoms with Gasteiger partial charge < -0.3 is 9.80 Å². The summed E-state index contributed by atoms with van der Waals surface area (Å²) in [5.41, 5.74) is 3.88. The number of hydrogen-bond donors (Lipinski definition) is 1. The van der Waals surface area contributed by atoms with E-state index in [2.05, 4.69) is 65.6 Å². The van der Waals surface area contributed by atoms with Gasteiger partial charge in [-0.15, -0.1) is 0 Å². The van der Waals surface area contributed by atoms with Crippen LogP contribution >= 0.6 is 0 Å². The van der Waals surface area contributed by atoms with E-state index in [-0.39, 0.29) is 10.6 Å². The lowest BCUT2D eigenvalue weighted by Crippen LogP contribution is -3.15. The molecule has 1 N–H and O–H groups in total. The predicted octanol–water partition coefficient (Wildman–Crippen LogP) is 3.09. The Labute approximate surface area is 165 Å². The lowest BCUT2D eigenvalue weighted by molar-refractivity contribution is -0.926. The molecular weight excluding hydrogens is 350 g/mol. The van der Waals surface area contributed by atoms with E-state index in [0.717, 1.165) is 31.9 Å². The number of nitrogens with zero attached hydrogens (tertiary/aromatic N) is 2. The second kappa shape index (κ2) is 8.23. The Morgan fingerprint density at radius 3 is 1.75 bits per heavy atom. The van der Waals surface area contributed by atoms with Gasteiger partial charge in [-0.1, -0.05) is 60.7 Å². The lowest BCUT2D eigenvalue weighted by atomic mass is 9.96. The molecule has 0 amide bonds. The van der Waals surface area contributed by atoms with Crippen molar-refractivity contribution in [2.45, 2.75) is 6.04 Å². The topological polar surface area (TPSA) is 50.8 Å². The van der Waals surface area contributed by atoms with Crippen LogP contribution in [0.4, 0.5) is 11.4 Å². The first-order chi connectivity index (χ1) is 13.7. The van der Waals surface area contributed by atoms with Crippen LogP contribution in [-0.2, 0) is 0 Å². The van der Waals surface area contributed by atoms with Gasteiger partial charge in [0.1, 0.15) is 6.04 Å². The molecule has 0 aliphatic carbocycles. The molecule has 0 bridgehead atoms. The highest BCUT2D eigenvalue weighted by molar-refractivity contribution is 5.51. The highest BCUT2D eigenvalue weighted by Crippen LogP contribution is 2.22. The zero-order chi connectivity index (χ0) is 19.3. The minimum atomic E-state index is -0.351. The number of piperazine rings is 1. The van der Waals surface area contributed by atoms with Crippen LogP contribution in [0.5, 0.6) is 0 Å². The quantitative estimate of drug-likeness (QED) is 0.552. The largest absolute Gasteiger partial charge is 0.360 e. The maximum absolute atomic E-state index is 10.9. The van der Waals surface area contributed by atoms with E-state index < -0.39 is 0 Å². The molecule has 0 aromatic heterocycles. The minimum absolute atomic E-state index is 0.140. The smallest absolute Gasteiger partial charge is 0.269 e. The van der Waals surface area contributed by atoms with Gasteiger partial charge in [0.05, 0.1) is 31.1 Å². The van der Waals surface area contributed by atoms with E-state index in [1.165, 1.54) is 11.1 Å². The van der Waals surface area contributed by atoms with E-state index in [1.807, 2.05) is 12.1 Å². The Balaban J connectivity index is 1.51. The highest BCUT2D eigenvalue weighted by atomic mass is 16.6. The standard InChI is InChI=1S/C23H23N3O2/c27-26(28)22-13-11-21(12-14-22)24-15-17-25(18-16-24)23(19-7-3-1-4-8-19)20-9-5-2-6-10-20/h1-14,23H,15-18H2/p+1. The normalized spacial score (nSPS) is 15.0. The minimum Gasteiger partial charge on any atom is -0.360 e. The Morgan fingerprint density at radius 2 is 1.29 bits per heavy atom. The van der Waals surface area contributed by atoms with E-state index >= 15 is 0 Å². The fraction of sp³-hybridized carbons (Fsp3) is 0.217. The lowest BCUT2D eigenvalue weighted by Gasteiger charge is -2.38. The van der Waals surface area contributed by atoms with Crippen molar-refractivity contribution in [2.75, 3.05) is 31.1 Å². The summed E-state index contributed by atoms with van der Waals surface area (Å²) in [7, 11) is 0. The number of benzene rings is 3. The molecule has 1 saturated heterocycles. The van der Waals surface area contributed by atoms with Crippen LogP contribution in [-0.4, -0.2) is 31.1 Å². The molecule has 28 heavy (non-hydrogen) atoms. The number of quaternary nitrogens is 1. The van der Waals surface area contributed by atoms with Crippen LogP contribution in [0.3, 0.4) is 0 Å². The molecule has 3 aromatic rings. The summed E-state index contributed by atoms with van der Waals surface area (Å²) in [6.07, 6.45) is 0. The molecule has 142 valence electrons.